The Morgan fingerprint density at radius 2 is 1.88 bits per heavy atom. The number of ketones is 2. The summed E-state index contributed by atoms with van der Waals surface area (Å²) < 4.78 is 11.0. The lowest BCUT2D eigenvalue weighted by Gasteiger charge is -2.59. The van der Waals surface area contributed by atoms with E-state index in [4.69, 9.17) is 9.47 Å². The number of allylic oxidation sites excluding steroid dienone is 4. The van der Waals surface area contributed by atoms with Crippen LogP contribution >= 0.6 is 0 Å². The Morgan fingerprint density at radius 3 is 2.53 bits per heavy atom. The van der Waals surface area contributed by atoms with Gasteiger partial charge in [0.25, 0.3) is 0 Å². The minimum Gasteiger partial charge on any atom is -0.462 e. The minimum atomic E-state index is -0.453. The molecule has 8 atom stereocenters. The molecule has 0 amide bonds. The predicted molar refractivity (Wildman–Crippen MR) is 117 cm³/mol. The van der Waals surface area contributed by atoms with Crippen molar-refractivity contribution >= 4 is 23.5 Å². The summed E-state index contributed by atoms with van der Waals surface area (Å²) in [6, 6.07) is 0. The molecule has 0 spiro atoms. The molecule has 0 saturated heterocycles. The van der Waals surface area contributed by atoms with Crippen molar-refractivity contribution in [2.45, 2.75) is 66.4 Å². The topological polar surface area (TPSA) is 86.7 Å². The molecular weight excluding hydrogens is 408 g/mol. The first kappa shape index (κ1) is 22.9. The van der Waals surface area contributed by atoms with Crippen molar-refractivity contribution in [3.63, 3.8) is 0 Å². The molecule has 0 N–H and O–H groups in total. The third-order valence-corrected chi connectivity index (χ3v) is 8.90. The van der Waals surface area contributed by atoms with Gasteiger partial charge < -0.3 is 9.47 Å². The lowest BCUT2D eigenvalue weighted by molar-refractivity contribution is -0.173. The van der Waals surface area contributed by atoms with Gasteiger partial charge in [0.1, 0.15) is 12.7 Å². The van der Waals surface area contributed by atoms with Crippen LogP contribution in [-0.4, -0.2) is 36.2 Å². The van der Waals surface area contributed by atoms with Gasteiger partial charge in [-0.15, -0.1) is 0 Å². The zero-order valence-electron chi connectivity index (χ0n) is 19.7. The van der Waals surface area contributed by atoms with Crippen LogP contribution in [0, 0.1) is 40.4 Å². The molecule has 0 aromatic carbocycles. The molecule has 3 saturated carbocycles. The van der Waals surface area contributed by atoms with Crippen molar-refractivity contribution in [3.05, 3.63) is 23.8 Å². The highest BCUT2D eigenvalue weighted by atomic mass is 16.5. The Bertz CT molecular complexity index is 915. The van der Waals surface area contributed by atoms with E-state index in [0.717, 1.165) is 24.8 Å². The quantitative estimate of drug-likeness (QED) is 0.615. The van der Waals surface area contributed by atoms with Crippen LogP contribution in [0.2, 0.25) is 0 Å². The number of carbonyl (C=O) groups excluding carboxylic acids is 4. The first-order valence-electron chi connectivity index (χ1n) is 11.7. The first-order valence-corrected chi connectivity index (χ1v) is 11.7. The highest BCUT2D eigenvalue weighted by molar-refractivity contribution is 6.01. The molecule has 0 aliphatic heterocycles. The predicted octanol–water partition coefficient (Wildman–Crippen LogP) is 3.83. The minimum absolute atomic E-state index is 0.0197. The number of carbonyl (C=O) groups is 4. The number of fused-ring (bicyclic) bond motifs is 5. The van der Waals surface area contributed by atoms with Crippen molar-refractivity contribution in [1.29, 1.82) is 0 Å². The average Bonchev–Trinajstić information content (AvgIpc) is 2.95. The molecule has 6 heteroatoms. The normalized spacial score (nSPS) is 42.3. The van der Waals surface area contributed by atoms with Gasteiger partial charge in [-0.2, -0.15) is 0 Å². The molecule has 3 fully saturated rings. The first-order chi connectivity index (χ1) is 15.0. The van der Waals surface area contributed by atoms with E-state index < -0.39 is 5.97 Å². The van der Waals surface area contributed by atoms with Gasteiger partial charge in [0, 0.05) is 31.1 Å². The Kier molecular flexibility index (Phi) is 5.71. The Hall–Kier alpha value is -2.24. The van der Waals surface area contributed by atoms with E-state index in [-0.39, 0.29) is 64.7 Å². The molecule has 32 heavy (non-hydrogen) atoms. The molecule has 4 aliphatic rings. The second-order valence-corrected chi connectivity index (χ2v) is 10.8. The summed E-state index contributed by atoms with van der Waals surface area (Å²) in [5, 5.41) is 0. The van der Waals surface area contributed by atoms with Crippen LogP contribution in [0.15, 0.2) is 23.8 Å². The number of rotatable bonds is 4. The zero-order valence-corrected chi connectivity index (χ0v) is 19.7. The lowest BCUT2D eigenvalue weighted by Crippen LogP contribution is -2.57. The van der Waals surface area contributed by atoms with Gasteiger partial charge in [0.05, 0.1) is 0 Å². The smallest absolute Gasteiger partial charge is 0.303 e. The molecule has 4 rings (SSSR count). The molecule has 0 bridgehead atoms. The summed E-state index contributed by atoms with van der Waals surface area (Å²) in [5.41, 5.74) is 0.464. The fourth-order valence-electron chi connectivity index (χ4n) is 7.93. The monoisotopic (exact) mass is 442 g/mol. The third kappa shape index (κ3) is 3.56. The lowest BCUT2D eigenvalue weighted by atomic mass is 9.46. The molecular formula is C26H34O6. The number of hydrogen-bond donors (Lipinski definition) is 0. The summed E-state index contributed by atoms with van der Waals surface area (Å²) in [6.45, 7) is 9.00. The number of Topliss-reactive ketones (excluding diaryl/α,β-unsaturated/α-hetero) is 1. The highest BCUT2D eigenvalue weighted by Crippen LogP contribution is 2.67. The summed E-state index contributed by atoms with van der Waals surface area (Å²) >= 11 is 0. The summed E-state index contributed by atoms with van der Waals surface area (Å²) in [5.74, 6) is -0.197. The van der Waals surface area contributed by atoms with Crippen LogP contribution in [0.4, 0.5) is 0 Å². The molecule has 0 heterocycles. The van der Waals surface area contributed by atoms with Crippen molar-refractivity contribution in [3.8, 4) is 0 Å². The fourth-order valence-corrected chi connectivity index (χ4v) is 7.93. The highest BCUT2D eigenvalue weighted by Gasteiger charge is 2.65. The maximum Gasteiger partial charge on any atom is 0.303 e. The van der Waals surface area contributed by atoms with E-state index in [1.165, 1.54) is 13.8 Å². The maximum atomic E-state index is 13.2. The Labute approximate surface area is 189 Å². The van der Waals surface area contributed by atoms with Crippen molar-refractivity contribution < 1.29 is 28.7 Å². The summed E-state index contributed by atoms with van der Waals surface area (Å²) in [4.78, 5) is 48.7. The van der Waals surface area contributed by atoms with Crippen LogP contribution in [0.5, 0.6) is 0 Å². The van der Waals surface area contributed by atoms with E-state index >= 15 is 0 Å². The second-order valence-electron chi connectivity index (χ2n) is 10.8. The SMILES string of the molecule is CC(=O)OCC(=O)[C@H]1[C@H](C)C[C@H]2[C@@H]3CCC4=CC(=O)C=C[C@]4(C)[C@H]3[C@@H](OC(C)=O)C[C@@]21C. The molecule has 0 unspecified atom stereocenters. The standard InChI is InChI=1S/C26H34O6/c1-14-10-20-19-7-6-17-11-18(29)8-9-25(17,4)24(19)22(32-16(3)28)12-26(20,5)23(14)21(30)13-31-15(2)27/h8-9,11,14,19-20,22-24H,6-7,10,12-13H2,1-5H3/t14-,19+,20+,22+,23-,24-,25+,26+/m1/s1. The molecule has 6 nitrogen and oxygen atoms in total. The number of ether oxygens (including phenoxy) is 2. The van der Waals surface area contributed by atoms with Crippen LogP contribution in [0.1, 0.15) is 60.3 Å². The van der Waals surface area contributed by atoms with Crippen LogP contribution in [-0.2, 0) is 28.7 Å². The number of esters is 2. The third-order valence-electron chi connectivity index (χ3n) is 8.90. The molecule has 0 radical (unpaired) electrons. The molecule has 0 aromatic rings. The summed E-state index contributed by atoms with van der Waals surface area (Å²) in [7, 11) is 0. The van der Waals surface area contributed by atoms with Gasteiger partial charge in [-0.25, -0.2) is 0 Å². The average molecular weight is 443 g/mol. The zero-order chi connectivity index (χ0) is 23.4. The van der Waals surface area contributed by atoms with Gasteiger partial charge in [0.15, 0.2) is 11.6 Å². The summed E-state index contributed by atoms with van der Waals surface area (Å²) in [6.07, 6.45) is 8.38. The van der Waals surface area contributed by atoms with E-state index in [9.17, 15) is 19.2 Å². The van der Waals surface area contributed by atoms with Crippen LogP contribution < -0.4 is 0 Å². The molecule has 174 valence electrons. The van der Waals surface area contributed by atoms with E-state index in [0.29, 0.717) is 12.3 Å². The van der Waals surface area contributed by atoms with Gasteiger partial charge >= 0.3 is 11.9 Å². The Balaban J connectivity index is 1.72. The maximum absolute atomic E-state index is 13.2. The second kappa shape index (κ2) is 7.96. The Morgan fingerprint density at radius 1 is 1.16 bits per heavy atom. The van der Waals surface area contributed by atoms with Gasteiger partial charge in [-0.3, -0.25) is 19.2 Å². The van der Waals surface area contributed by atoms with Crippen molar-refractivity contribution in [1.82, 2.24) is 0 Å². The number of hydrogen-bond acceptors (Lipinski definition) is 6. The van der Waals surface area contributed by atoms with E-state index in [2.05, 4.69) is 20.8 Å². The largest absolute Gasteiger partial charge is 0.462 e. The van der Waals surface area contributed by atoms with Gasteiger partial charge in [-0.1, -0.05) is 32.4 Å². The van der Waals surface area contributed by atoms with Gasteiger partial charge in [-0.05, 0) is 61.0 Å². The van der Waals surface area contributed by atoms with Crippen LogP contribution in [0.25, 0.3) is 0 Å². The van der Waals surface area contributed by atoms with Crippen LogP contribution in [0.3, 0.4) is 0 Å². The van der Waals surface area contributed by atoms with Crippen molar-refractivity contribution in [2.75, 3.05) is 6.61 Å². The van der Waals surface area contributed by atoms with Crippen molar-refractivity contribution in [2.24, 2.45) is 40.4 Å². The molecule has 0 aromatic heterocycles. The van der Waals surface area contributed by atoms with E-state index in [1.54, 1.807) is 12.2 Å². The fraction of sp³-hybridized carbons (Fsp3) is 0.692. The van der Waals surface area contributed by atoms with E-state index in [1.807, 2.05) is 6.08 Å². The van der Waals surface area contributed by atoms with Gasteiger partial charge in [0.2, 0.25) is 0 Å². The molecule has 4 aliphatic carbocycles.